The molecule has 3 aliphatic rings. The zero-order valence-corrected chi connectivity index (χ0v) is 57.2. The zero-order chi connectivity index (χ0) is 65.1. The number of hydrogen-bond acceptors (Lipinski definition) is 10. The summed E-state index contributed by atoms with van der Waals surface area (Å²) in [4.78, 5) is 38.0. The minimum atomic E-state index is -0.610. The molecule has 88 heavy (non-hydrogen) atoms. The normalized spacial score (nSPS) is 17.6. The second-order valence-corrected chi connectivity index (χ2v) is 32.4. The van der Waals surface area contributed by atoms with E-state index in [0.29, 0.717) is 56.4 Å². The lowest BCUT2D eigenvalue weighted by atomic mass is 9.70. The van der Waals surface area contributed by atoms with E-state index in [2.05, 4.69) is 189 Å². The second-order valence-electron chi connectivity index (χ2n) is 32.4. The Morgan fingerprint density at radius 2 is 0.739 bits per heavy atom. The van der Waals surface area contributed by atoms with Gasteiger partial charge in [0.05, 0.1) is 26.3 Å². The molecule has 2 aliphatic heterocycles. The summed E-state index contributed by atoms with van der Waals surface area (Å²) in [5, 5.41) is 29.8. The van der Waals surface area contributed by atoms with Crippen LogP contribution in [0.15, 0.2) is 82.8 Å². The van der Waals surface area contributed by atoms with Crippen molar-refractivity contribution in [1.82, 2.24) is 0 Å². The van der Waals surface area contributed by atoms with Gasteiger partial charge in [0.15, 0.2) is 0 Å². The number of rotatable bonds is 8. The number of aliphatic imine (C=N–C) groups is 2. The van der Waals surface area contributed by atoms with Gasteiger partial charge in [-0.05, 0) is 137 Å². The number of hydrogen-bond donors (Lipinski definition) is 0. The third kappa shape index (κ3) is 12.2. The van der Waals surface area contributed by atoms with Crippen molar-refractivity contribution >= 4 is 24.4 Å². The van der Waals surface area contributed by atoms with Crippen LogP contribution in [0, 0.1) is 0 Å². The third-order valence-electron chi connectivity index (χ3n) is 18.7. The molecule has 10 nitrogen and oxygen atoms in total. The van der Waals surface area contributed by atoms with E-state index in [1.807, 2.05) is 36.4 Å². The predicted octanol–water partition coefficient (Wildman–Crippen LogP) is 18.2. The van der Waals surface area contributed by atoms with Gasteiger partial charge in [-0.2, -0.15) is 0 Å². The molecule has 1 fully saturated rings. The minimum Gasteiger partial charge on any atom is -0.872 e. The molecule has 6 aromatic carbocycles. The van der Waals surface area contributed by atoms with Crippen LogP contribution in [0.25, 0.3) is 22.3 Å². The zero-order valence-electron chi connectivity index (χ0n) is 57.2. The Labute approximate surface area is 525 Å². The molecule has 468 valence electrons. The van der Waals surface area contributed by atoms with Crippen molar-refractivity contribution in [2.45, 2.75) is 233 Å². The van der Waals surface area contributed by atoms with Crippen LogP contribution in [0.1, 0.15) is 265 Å². The van der Waals surface area contributed by atoms with Crippen molar-refractivity contribution in [2.75, 3.05) is 14.2 Å². The van der Waals surface area contributed by atoms with Crippen LogP contribution >= 0.6 is 0 Å². The Balaban J connectivity index is 1.15. The molecular formula is C78H96N2O8-2. The third-order valence-corrected chi connectivity index (χ3v) is 18.7. The highest BCUT2D eigenvalue weighted by Gasteiger charge is 2.43. The molecule has 1 saturated carbocycles. The van der Waals surface area contributed by atoms with Gasteiger partial charge >= 0.3 is 11.9 Å². The first kappa shape index (κ1) is 65.3. The largest absolute Gasteiger partial charge is 0.872 e. The molecule has 2 atom stereocenters. The molecule has 0 N–H and O–H groups in total. The van der Waals surface area contributed by atoms with Gasteiger partial charge in [0.2, 0.25) is 0 Å². The number of esters is 2. The molecule has 0 spiro atoms. The van der Waals surface area contributed by atoms with Crippen molar-refractivity contribution in [3.05, 3.63) is 151 Å². The highest BCUT2D eigenvalue weighted by atomic mass is 16.5. The van der Waals surface area contributed by atoms with Gasteiger partial charge in [0.25, 0.3) is 0 Å². The van der Waals surface area contributed by atoms with Gasteiger partial charge in [0.1, 0.15) is 34.1 Å². The Kier molecular flexibility index (Phi) is 16.6. The van der Waals surface area contributed by atoms with Crippen LogP contribution in [0.3, 0.4) is 0 Å². The lowest BCUT2D eigenvalue weighted by molar-refractivity contribution is -0.270. The second kappa shape index (κ2) is 22.4. The molecule has 10 heteroatoms. The molecule has 6 aromatic rings. The highest BCUT2D eigenvalue weighted by molar-refractivity contribution is 5.97. The fraction of sp³-hybridized carbons (Fsp3) is 0.487. The number of benzene rings is 6. The van der Waals surface area contributed by atoms with E-state index >= 15 is 0 Å². The Bertz CT molecular complexity index is 3600. The van der Waals surface area contributed by atoms with Crippen LogP contribution in [-0.2, 0) is 52.8 Å². The van der Waals surface area contributed by atoms with Crippen molar-refractivity contribution in [3.8, 4) is 56.8 Å². The van der Waals surface area contributed by atoms with E-state index in [-0.39, 0.29) is 45.2 Å². The number of nitrogens with zero attached hydrogens (tertiary/aromatic N) is 2. The summed E-state index contributed by atoms with van der Waals surface area (Å²) in [5.41, 5.74) is 10.8. The lowest BCUT2D eigenvalue weighted by Crippen LogP contribution is -2.28. The van der Waals surface area contributed by atoms with Gasteiger partial charge < -0.3 is 29.2 Å². The molecule has 0 radical (unpaired) electrons. The van der Waals surface area contributed by atoms with Crippen LogP contribution in [0.4, 0.5) is 0 Å². The maximum Gasteiger partial charge on any atom is 0.341 e. The number of fused-ring (bicyclic) bond motifs is 4. The summed E-state index contributed by atoms with van der Waals surface area (Å²) in [6.45, 7) is 47.2. The fourth-order valence-corrected chi connectivity index (χ4v) is 12.7. The van der Waals surface area contributed by atoms with Crippen LogP contribution in [-0.4, -0.2) is 50.7 Å². The Morgan fingerprint density at radius 3 is 1.02 bits per heavy atom. The molecule has 9 rings (SSSR count). The predicted molar refractivity (Wildman–Crippen MR) is 356 cm³/mol. The molecule has 0 aromatic heterocycles. The van der Waals surface area contributed by atoms with E-state index in [1.54, 1.807) is 12.4 Å². The first-order chi connectivity index (χ1) is 40.5. The van der Waals surface area contributed by atoms with Gasteiger partial charge in [-0.1, -0.05) is 213 Å². The maximum atomic E-state index is 14.9. The van der Waals surface area contributed by atoms with E-state index in [4.69, 9.17) is 28.9 Å². The lowest BCUT2D eigenvalue weighted by Gasteiger charge is -2.39. The maximum absolute atomic E-state index is 14.9. The van der Waals surface area contributed by atoms with Gasteiger partial charge in [-0.3, -0.25) is 9.98 Å². The molecule has 1 aliphatic carbocycles. The number of carbonyl (C=O) groups is 2. The molecule has 0 amide bonds. The number of carbonyl (C=O) groups excluding carboxylic acids is 2. The number of methoxy groups -OCH3 is 2. The fourth-order valence-electron chi connectivity index (χ4n) is 12.7. The minimum absolute atomic E-state index is 0.0988. The summed E-state index contributed by atoms with van der Waals surface area (Å²) >= 11 is 0. The number of ether oxygens (including phenoxy) is 4. The quantitative estimate of drug-likeness (QED) is 0.108. The summed E-state index contributed by atoms with van der Waals surface area (Å²) in [5.74, 6) is 1.06. The Morgan fingerprint density at radius 1 is 0.443 bits per heavy atom. The molecule has 0 unspecified atom stereocenters. The van der Waals surface area contributed by atoms with Crippen molar-refractivity contribution < 1.29 is 38.7 Å². The topological polar surface area (TPSA) is 142 Å². The summed E-state index contributed by atoms with van der Waals surface area (Å²) < 4.78 is 25.0. The first-order valence-corrected chi connectivity index (χ1v) is 31.5. The van der Waals surface area contributed by atoms with E-state index in [1.165, 1.54) is 14.2 Å². The summed E-state index contributed by atoms with van der Waals surface area (Å²) in [7, 11) is 2.80. The summed E-state index contributed by atoms with van der Waals surface area (Å²) in [6.07, 6.45) is 6.89. The van der Waals surface area contributed by atoms with Crippen molar-refractivity contribution in [2.24, 2.45) is 9.98 Å². The van der Waals surface area contributed by atoms with E-state index in [0.717, 1.165) is 92.4 Å². The molecule has 2 heterocycles. The average Bonchev–Trinajstić information content (AvgIpc) is 0.734. The molecule has 0 saturated heterocycles. The standard InChI is InChI=1S/C78H98N2O8/c1-71(2,3)47-33-51(65-57(37-47)77(19,20)59-39-49(73(7,8)9)35-53(67(59)87-65)69(83)85-23)43-29-45(63(81)55(31-43)75(13,14)15)41-79-61-27-25-26-28-62(61)80-42-46-30-44(32-56(64(46)82)76(16,17)18)52-34-48(72(4,5)6)38-58-66(52)88-68-54(70(84)86-24)36-50(74(10,11)12)40-60(68)78(58,21)22/h29-42,61-62,81-82H,25-28H2,1-24H3/p-2/t61-,62-/m1/s1. The SMILES string of the molecule is COC(=O)c1cc(C(C)(C)C)cc2c1Oc1c(-c3cc(C=N[C@@H]4CCCC[C@H]4N=Cc4cc(-c5cc(C(C)(C)C)cc6c5Oc5c(C(=O)OC)cc(C(C)(C)C)cc5C6(C)C)cc(C(C)(C)C)c4[O-])c([O-])c(C(C)(C)C)c3)cc(C(C)(C)C)cc1C2(C)C. The van der Waals surface area contributed by atoms with Gasteiger partial charge in [0, 0.05) is 56.6 Å². The molecular weight excluding hydrogens is 1090 g/mol. The monoisotopic (exact) mass is 1190 g/mol. The van der Waals surface area contributed by atoms with Crippen LogP contribution in [0.2, 0.25) is 0 Å². The highest BCUT2D eigenvalue weighted by Crippen LogP contribution is 2.57. The van der Waals surface area contributed by atoms with Crippen LogP contribution in [0.5, 0.6) is 34.5 Å². The van der Waals surface area contributed by atoms with E-state index < -0.39 is 33.6 Å². The first-order valence-electron chi connectivity index (χ1n) is 31.5. The average molecular weight is 1190 g/mol. The summed E-state index contributed by atoms with van der Waals surface area (Å²) in [6, 6.07) is 24.4. The smallest absolute Gasteiger partial charge is 0.341 e. The van der Waals surface area contributed by atoms with Crippen LogP contribution < -0.4 is 19.7 Å². The molecule has 0 bridgehead atoms. The Hall–Kier alpha value is -7.20. The van der Waals surface area contributed by atoms with E-state index in [9.17, 15) is 19.8 Å². The van der Waals surface area contributed by atoms with Crippen molar-refractivity contribution in [1.29, 1.82) is 0 Å². The van der Waals surface area contributed by atoms with Crippen molar-refractivity contribution in [3.63, 3.8) is 0 Å². The van der Waals surface area contributed by atoms with Gasteiger partial charge in [-0.15, -0.1) is 0 Å². The van der Waals surface area contributed by atoms with Gasteiger partial charge in [-0.25, -0.2) is 9.59 Å².